The Kier molecular flexibility index (Phi) is 2.61. The zero-order chi connectivity index (χ0) is 13.6. The molecule has 0 saturated heterocycles. The fourth-order valence-corrected chi connectivity index (χ4v) is 3.05. The molecule has 4 heteroatoms. The van der Waals surface area contributed by atoms with E-state index < -0.39 is 0 Å². The molecule has 1 aliphatic rings. The Labute approximate surface area is 114 Å². The minimum atomic E-state index is -0.170. The normalized spacial score (nSPS) is 14.8. The van der Waals surface area contributed by atoms with Crippen molar-refractivity contribution in [3.8, 4) is 10.4 Å². The van der Waals surface area contributed by atoms with E-state index in [-0.39, 0.29) is 17.1 Å². The highest BCUT2D eigenvalue weighted by molar-refractivity contribution is 7.17. The van der Waals surface area contributed by atoms with Gasteiger partial charge in [-0.2, -0.15) is 0 Å². The topological polar surface area (TPSA) is 50.2 Å². The molecule has 3 rings (SSSR count). The molecular formula is C15H11NO2S. The Morgan fingerprint density at radius 2 is 2.00 bits per heavy atom. The fourth-order valence-electron chi connectivity index (χ4n) is 2.01. The zero-order valence-corrected chi connectivity index (χ0v) is 11.1. The number of aryl methyl sites for hydroxylation is 1. The molecule has 0 bridgehead atoms. The van der Waals surface area contributed by atoms with Gasteiger partial charge < -0.3 is 5.11 Å². The fraction of sp³-hybridized carbons (Fsp3) is 0.0667. The Morgan fingerprint density at radius 3 is 2.68 bits per heavy atom. The van der Waals surface area contributed by atoms with Crippen molar-refractivity contribution in [2.45, 2.75) is 6.92 Å². The maximum Gasteiger partial charge on any atom is 0.201 e. The van der Waals surface area contributed by atoms with Crippen LogP contribution in [0.4, 0.5) is 0 Å². The third kappa shape index (κ3) is 1.81. The smallest absolute Gasteiger partial charge is 0.201 e. The van der Waals surface area contributed by atoms with Crippen molar-refractivity contribution in [3.05, 3.63) is 58.9 Å². The van der Waals surface area contributed by atoms with Crippen LogP contribution in [0.2, 0.25) is 0 Å². The first-order chi connectivity index (χ1) is 9.08. The van der Waals surface area contributed by atoms with Crippen LogP contribution in [0.1, 0.15) is 10.6 Å². The molecule has 0 saturated carbocycles. The molecule has 0 radical (unpaired) electrons. The van der Waals surface area contributed by atoms with Gasteiger partial charge in [0.2, 0.25) is 5.78 Å². The van der Waals surface area contributed by atoms with E-state index in [4.69, 9.17) is 0 Å². The molecule has 2 heterocycles. The predicted molar refractivity (Wildman–Crippen MR) is 76.0 cm³/mol. The summed E-state index contributed by atoms with van der Waals surface area (Å²) < 4.78 is 0. The average Bonchev–Trinajstić information content (AvgIpc) is 2.88. The van der Waals surface area contributed by atoms with Crippen LogP contribution >= 0.6 is 11.3 Å². The highest BCUT2D eigenvalue weighted by Gasteiger charge is 2.33. The molecule has 0 atom stereocenters. The summed E-state index contributed by atoms with van der Waals surface area (Å²) in [7, 11) is 0. The number of pyridine rings is 1. The first-order valence-electron chi connectivity index (χ1n) is 5.78. The van der Waals surface area contributed by atoms with Crippen LogP contribution in [0, 0.1) is 6.92 Å². The van der Waals surface area contributed by atoms with Crippen LogP contribution in [0.5, 0.6) is 0 Å². The number of aromatic nitrogens is 1. The summed E-state index contributed by atoms with van der Waals surface area (Å²) in [5.74, 6) is -0.152. The molecule has 0 amide bonds. The number of hydrogen-bond acceptors (Lipinski definition) is 4. The van der Waals surface area contributed by atoms with E-state index in [9.17, 15) is 9.90 Å². The van der Waals surface area contributed by atoms with Gasteiger partial charge in [-0.3, -0.25) is 9.78 Å². The van der Waals surface area contributed by atoms with Gasteiger partial charge in [0, 0.05) is 21.6 Å². The second kappa shape index (κ2) is 4.17. The number of Topliss-reactive ketones (excluding diaryl/α,β-unsaturated/α-hetero) is 1. The van der Waals surface area contributed by atoms with Crippen molar-refractivity contribution in [1.82, 2.24) is 4.98 Å². The number of rotatable bonds is 2. The molecule has 0 aliphatic heterocycles. The number of carbonyl (C=O) groups is 1. The standard InChI is InChI=1S/C15H11NO2S/c1-8-7-10(5-6-16-8)11-3-4-12(19-11)13-14(17)9(2)15(13)18/h3-7,17H,2H2,1H3. The van der Waals surface area contributed by atoms with Crippen molar-refractivity contribution in [2.75, 3.05) is 0 Å². The quantitative estimate of drug-likeness (QED) is 0.848. The highest BCUT2D eigenvalue weighted by Crippen LogP contribution is 2.40. The lowest BCUT2D eigenvalue weighted by Gasteiger charge is -2.18. The summed E-state index contributed by atoms with van der Waals surface area (Å²) in [6.07, 6.45) is 1.76. The molecule has 2 aromatic rings. The van der Waals surface area contributed by atoms with Gasteiger partial charge in [-0.15, -0.1) is 11.3 Å². The minimum Gasteiger partial charge on any atom is -0.506 e. The Morgan fingerprint density at radius 1 is 1.26 bits per heavy atom. The molecule has 0 unspecified atom stereocenters. The maximum absolute atomic E-state index is 11.7. The van der Waals surface area contributed by atoms with Gasteiger partial charge in [0.25, 0.3) is 0 Å². The summed E-state index contributed by atoms with van der Waals surface area (Å²) in [5.41, 5.74) is 2.59. The number of ketones is 1. The molecule has 94 valence electrons. The summed E-state index contributed by atoms with van der Waals surface area (Å²) in [5, 5.41) is 9.68. The van der Waals surface area contributed by atoms with Crippen LogP contribution in [0.3, 0.4) is 0 Å². The number of hydrogen-bond donors (Lipinski definition) is 1. The van der Waals surface area contributed by atoms with Crippen LogP contribution in [-0.4, -0.2) is 15.9 Å². The van der Waals surface area contributed by atoms with E-state index in [0.29, 0.717) is 5.57 Å². The number of thiophene rings is 1. The lowest BCUT2D eigenvalue weighted by molar-refractivity contribution is -0.111. The van der Waals surface area contributed by atoms with Crippen molar-refractivity contribution in [3.63, 3.8) is 0 Å². The van der Waals surface area contributed by atoms with Gasteiger partial charge in [-0.1, -0.05) is 6.58 Å². The number of allylic oxidation sites excluding steroid dienone is 2. The van der Waals surface area contributed by atoms with E-state index in [1.54, 1.807) is 6.20 Å². The summed E-state index contributed by atoms with van der Waals surface area (Å²) >= 11 is 1.48. The van der Waals surface area contributed by atoms with Crippen LogP contribution < -0.4 is 0 Å². The van der Waals surface area contributed by atoms with Crippen molar-refractivity contribution >= 4 is 22.7 Å². The van der Waals surface area contributed by atoms with E-state index in [0.717, 1.165) is 21.0 Å². The van der Waals surface area contributed by atoms with Crippen LogP contribution in [0.15, 0.2) is 48.4 Å². The highest BCUT2D eigenvalue weighted by atomic mass is 32.1. The minimum absolute atomic E-state index is 0.0179. The summed E-state index contributed by atoms with van der Waals surface area (Å²) in [6.45, 7) is 5.45. The summed E-state index contributed by atoms with van der Waals surface area (Å²) in [4.78, 5) is 17.6. The zero-order valence-electron chi connectivity index (χ0n) is 10.3. The predicted octanol–water partition coefficient (Wildman–Crippen LogP) is 3.53. The largest absolute Gasteiger partial charge is 0.506 e. The lowest BCUT2D eigenvalue weighted by atomic mass is 9.88. The number of carbonyl (C=O) groups excluding carboxylic acids is 1. The molecule has 2 aromatic heterocycles. The molecule has 0 fully saturated rings. The lowest BCUT2D eigenvalue weighted by Crippen LogP contribution is -2.19. The number of nitrogens with zero attached hydrogens (tertiary/aromatic N) is 1. The SMILES string of the molecule is C=C1C(=O)C(c2ccc(-c3ccnc(C)c3)s2)=C1O. The molecule has 0 aromatic carbocycles. The van der Waals surface area contributed by atoms with E-state index in [1.165, 1.54) is 11.3 Å². The monoisotopic (exact) mass is 269 g/mol. The van der Waals surface area contributed by atoms with Crippen LogP contribution in [-0.2, 0) is 4.79 Å². The Bertz CT molecular complexity index is 740. The van der Waals surface area contributed by atoms with E-state index in [1.807, 2.05) is 31.2 Å². The van der Waals surface area contributed by atoms with Crippen molar-refractivity contribution in [1.29, 1.82) is 0 Å². The molecule has 0 spiro atoms. The third-order valence-electron chi connectivity index (χ3n) is 3.06. The average molecular weight is 269 g/mol. The van der Waals surface area contributed by atoms with Crippen molar-refractivity contribution < 1.29 is 9.90 Å². The van der Waals surface area contributed by atoms with Gasteiger partial charge in [-0.25, -0.2) is 0 Å². The second-order valence-electron chi connectivity index (χ2n) is 4.38. The molecule has 1 N–H and O–H groups in total. The first-order valence-corrected chi connectivity index (χ1v) is 6.60. The first kappa shape index (κ1) is 11.9. The molecule has 3 nitrogen and oxygen atoms in total. The second-order valence-corrected chi connectivity index (χ2v) is 5.46. The number of aliphatic hydroxyl groups excluding tert-OH is 1. The Hall–Kier alpha value is -2.20. The third-order valence-corrected chi connectivity index (χ3v) is 4.21. The van der Waals surface area contributed by atoms with Crippen LogP contribution in [0.25, 0.3) is 16.0 Å². The maximum atomic E-state index is 11.7. The van der Waals surface area contributed by atoms with Gasteiger partial charge in [-0.05, 0) is 36.8 Å². The number of aliphatic hydroxyl groups is 1. The van der Waals surface area contributed by atoms with Gasteiger partial charge in [0.15, 0.2) is 0 Å². The van der Waals surface area contributed by atoms with E-state index in [2.05, 4.69) is 11.6 Å². The van der Waals surface area contributed by atoms with Gasteiger partial charge in [0.1, 0.15) is 5.76 Å². The molecule has 19 heavy (non-hydrogen) atoms. The van der Waals surface area contributed by atoms with Gasteiger partial charge >= 0.3 is 0 Å². The molecule has 1 aliphatic carbocycles. The van der Waals surface area contributed by atoms with Crippen molar-refractivity contribution in [2.24, 2.45) is 0 Å². The van der Waals surface area contributed by atoms with E-state index >= 15 is 0 Å². The Balaban J connectivity index is 2.02. The summed E-state index contributed by atoms with van der Waals surface area (Å²) in [6, 6.07) is 7.72. The molecular weight excluding hydrogens is 258 g/mol. The van der Waals surface area contributed by atoms with Gasteiger partial charge in [0.05, 0.1) is 11.1 Å².